The SMILES string of the molecule is CCSC1CCCC1NCc1cc(F)cc(/C(N)=N/O)c1. The van der Waals surface area contributed by atoms with E-state index < -0.39 is 0 Å². The summed E-state index contributed by atoms with van der Waals surface area (Å²) in [7, 11) is 0. The van der Waals surface area contributed by atoms with Gasteiger partial charge in [-0.05, 0) is 42.4 Å². The number of nitrogens with zero attached hydrogens (tertiary/aromatic N) is 1. The molecule has 0 saturated heterocycles. The Morgan fingerprint density at radius 2 is 2.29 bits per heavy atom. The van der Waals surface area contributed by atoms with Crippen molar-refractivity contribution >= 4 is 17.6 Å². The van der Waals surface area contributed by atoms with E-state index in [0.717, 1.165) is 11.3 Å². The molecule has 116 valence electrons. The summed E-state index contributed by atoms with van der Waals surface area (Å²) in [5.41, 5.74) is 6.73. The monoisotopic (exact) mass is 311 g/mol. The Bertz CT molecular complexity index is 510. The number of nitrogens with two attached hydrogens (primary N) is 1. The first-order valence-corrected chi connectivity index (χ1v) is 8.31. The van der Waals surface area contributed by atoms with Crippen LogP contribution in [-0.2, 0) is 6.54 Å². The van der Waals surface area contributed by atoms with Gasteiger partial charge in [0.25, 0.3) is 0 Å². The molecule has 1 fully saturated rings. The second-order valence-electron chi connectivity index (χ2n) is 5.25. The van der Waals surface area contributed by atoms with E-state index in [0.29, 0.717) is 23.4 Å². The number of halogens is 1. The minimum absolute atomic E-state index is 0.0731. The molecule has 1 aliphatic carbocycles. The summed E-state index contributed by atoms with van der Waals surface area (Å²) >= 11 is 1.99. The third kappa shape index (κ3) is 4.35. The molecule has 2 rings (SSSR count). The van der Waals surface area contributed by atoms with Crippen LogP contribution in [-0.4, -0.2) is 28.1 Å². The summed E-state index contributed by atoms with van der Waals surface area (Å²) in [5, 5.41) is 15.8. The molecule has 0 aromatic heterocycles. The quantitative estimate of drug-likeness (QED) is 0.327. The number of thioether (sulfide) groups is 1. The second kappa shape index (κ2) is 7.66. The van der Waals surface area contributed by atoms with Gasteiger partial charge in [-0.3, -0.25) is 0 Å². The lowest BCUT2D eigenvalue weighted by Crippen LogP contribution is -2.33. The Labute approximate surface area is 129 Å². The largest absolute Gasteiger partial charge is 0.409 e. The van der Waals surface area contributed by atoms with Crippen molar-refractivity contribution in [3.05, 3.63) is 35.1 Å². The summed E-state index contributed by atoms with van der Waals surface area (Å²) in [4.78, 5) is 0. The second-order valence-corrected chi connectivity index (χ2v) is 6.76. The van der Waals surface area contributed by atoms with E-state index in [9.17, 15) is 4.39 Å². The van der Waals surface area contributed by atoms with Crippen LogP contribution in [0.2, 0.25) is 0 Å². The molecular weight excluding hydrogens is 289 g/mol. The molecule has 1 saturated carbocycles. The number of hydrogen-bond acceptors (Lipinski definition) is 4. The maximum Gasteiger partial charge on any atom is 0.170 e. The first-order valence-electron chi connectivity index (χ1n) is 7.26. The van der Waals surface area contributed by atoms with Crippen molar-refractivity contribution in [3.63, 3.8) is 0 Å². The molecule has 1 aromatic carbocycles. The molecule has 21 heavy (non-hydrogen) atoms. The maximum absolute atomic E-state index is 13.6. The van der Waals surface area contributed by atoms with Crippen LogP contribution in [0.25, 0.3) is 0 Å². The van der Waals surface area contributed by atoms with Crippen LogP contribution >= 0.6 is 11.8 Å². The Balaban J connectivity index is 2.01. The highest BCUT2D eigenvalue weighted by atomic mass is 32.2. The van der Waals surface area contributed by atoms with Gasteiger partial charge in [0.05, 0.1) is 0 Å². The first kappa shape index (κ1) is 16.1. The summed E-state index contributed by atoms with van der Waals surface area (Å²) in [6, 6.07) is 4.98. The lowest BCUT2D eigenvalue weighted by molar-refractivity contribution is 0.318. The minimum Gasteiger partial charge on any atom is -0.409 e. The van der Waals surface area contributed by atoms with Gasteiger partial charge in [0.15, 0.2) is 5.84 Å². The maximum atomic E-state index is 13.6. The number of rotatable bonds is 6. The predicted octanol–water partition coefficient (Wildman–Crippen LogP) is 2.68. The molecule has 0 radical (unpaired) electrons. The summed E-state index contributed by atoms with van der Waals surface area (Å²) < 4.78 is 13.6. The highest BCUT2D eigenvalue weighted by Gasteiger charge is 2.26. The van der Waals surface area contributed by atoms with Crippen LogP contribution in [0.4, 0.5) is 4.39 Å². The zero-order valence-electron chi connectivity index (χ0n) is 12.2. The van der Waals surface area contributed by atoms with Crippen molar-refractivity contribution in [3.8, 4) is 0 Å². The molecule has 0 heterocycles. The average Bonchev–Trinajstić information content (AvgIpc) is 2.91. The Morgan fingerprint density at radius 3 is 3.00 bits per heavy atom. The van der Waals surface area contributed by atoms with E-state index in [1.807, 2.05) is 11.8 Å². The topological polar surface area (TPSA) is 70.6 Å². The van der Waals surface area contributed by atoms with Crippen molar-refractivity contribution < 1.29 is 9.60 Å². The van der Waals surface area contributed by atoms with Crippen LogP contribution in [0.15, 0.2) is 23.4 Å². The van der Waals surface area contributed by atoms with E-state index in [4.69, 9.17) is 10.9 Å². The third-order valence-corrected chi connectivity index (χ3v) is 5.09. The minimum atomic E-state index is -0.373. The molecule has 0 aliphatic heterocycles. The lowest BCUT2D eigenvalue weighted by Gasteiger charge is -2.20. The average molecular weight is 311 g/mol. The Morgan fingerprint density at radius 1 is 1.48 bits per heavy atom. The number of hydrogen-bond donors (Lipinski definition) is 3. The van der Waals surface area contributed by atoms with Gasteiger partial charge >= 0.3 is 0 Å². The van der Waals surface area contributed by atoms with Gasteiger partial charge in [-0.25, -0.2) is 4.39 Å². The van der Waals surface area contributed by atoms with Crippen molar-refractivity contribution in [2.45, 2.75) is 44.0 Å². The van der Waals surface area contributed by atoms with Gasteiger partial charge in [0, 0.05) is 23.4 Å². The Hall–Kier alpha value is -1.27. The fourth-order valence-corrected chi connectivity index (χ4v) is 4.01. The zero-order chi connectivity index (χ0) is 15.2. The van der Waals surface area contributed by atoms with Crippen LogP contribution in [0, 0.1) is 5.82 Å². The Kier molecular flexibility index (Phi) is 5.87. The molecule has 1 aromatic rings. The van der Waals surface area contributed by atoms with Crippen LogP contribution in [0.5, 0.6) is 0 Å². The summed E-state index contributed by atoms with van der Waals surface area (Å²) in [6.45, 7) is 2.77. The standard InChI is InChI=1S/C15H22FN3OS/c1-2-21-14-5-3-4-13(14)18-9-10-6-11(15(17)19-20)8-12(16)7-10/h6-8,13-14,18,20H,2-5,9H2,1H3,(H2,17,19). The van der Waals surface area contributed by atoms with Gasteiger partial charge in [-0.1, -0.05) is 18.5 Å². The smallest absolute Gasteiger partial charge is 0.170 e. The van der Waals surface area contributed by atoms with Crippen molar-refractivity contribution in [1.29, 1.82) is 0 Å². The summed E-state index contributed by atoms with van der Waals surface area (Å²) in [6.07, 6.45) is 3.66. The van der Waals surface area contributed by atoms with E-state index in [-0.39, 0.29) is 11.7 Å². The van der Waals surface area contributed by atoms with Gasteiger partial charge in [0.2, 0.25) is 0 Å². The fraction of sp³-hybridized carbons (Fsp3) is 0.533. The molecule has 2 unspecified atom stereocenters. The number of benzene rings is 1. The summed E-state index contributed by atoms with van der Waals surface area (Å²) in [5.74, 6) is 0.675. The molecule has 6 heteroatoms. The van der Waals surface area contributed by atoms with Gasteiger partial charge < -0.3 is 16.3 Å². The molecule has 2 atom stereocenters. The fourth-order valence-electron chi connectivity index (χ4n) is 2.78. The predicted molar refractivity (Wildman–Crippen MR) is 85.3 cm³/mol. The molecule has 4 nitrogen and oxygen atoms in total. The van der Waals surface area contributed by atoms with Crippen LogP contribution < -0.4 is 11.1 Å². The number of nitrogens with one attached hydrogen (secondary N) is 1. The van der Waals surface area contributed by atoms with Crippen molar-refractivity contribution in [2.75, 3.05) is 5.75 Å². The third-order valence-electron chi connectivity index (χ3n) is 3.76. The van der Waals surface area contributed by atoms with E-state index in [1.54, 1.807) is 6.07 Å². The van der Waals surface area contributed by atoms with Gasteiger partial charge in [0.1, 0.15) is 5.82 Å². The van der Waals surface area contributed by atoms with Crippen LogP contribution in [0.1, 0.15) is 37.3 Å². The van der Waals surface area contributed by atoms with Crippen molar-refractivity contribution in [2.24, 2.45) is 10.9 Å². The number of oxime groups is 1. The molecule has 0 spiro atoms. The van der Waals surface area contributed by atoms with E-state index in [2.05, 4.69) is 17.4 Å². The molecule has 1 aliphatic rings. The molecular formula is C15H22FN3OS. The first-order chi connectivity index (χ1) is 10.1. The highest BCUT2D eigenvalue weighted by molar-refractivity contribution is 7.99. The highest BCUT2D eigenvalue weighted by Crippen LogP contribution is 2.30. The van der Waals surface area contributed by atoms with Crippen LogP contribution in [0.3, 0.4) is 0 Å². The van der Waals surface area contributed by atoms with Gasteiger partial charge in [-0.15, -0.1) is 0 Å². The van der Waals surface area contributed by atoms with E-state index in [1.165, 1.54) is 31.4 Å². The van der Waals surface area contributed by atoms with Gasteiger partial charge in [-0.2, -0.15) is 11.8 Å². The molecule has 4 N–H and O–H groups in total. The normalized spacial score (nSPS) is 22.7. The zero-order valence-corrected chi connectivity index (χ0v) is 13.0. The molecule has 0 bridgehead atoms. The van der Waals surface area contributed by atoms with Crippen molar-refractivity contribution in [1.82, 2.24) is 5.32 Å². The lowest BCUT2D eigenvalue weighted by atomic mass is 10.1. The number of amidine groups is 1. The van der Waals surface area contributed by atoms with E-state index >= 15 is 0 Å². The molecule has 0 amide bonds.